The average Bonchev–Trinajstić information content (AvgIpc) is 3.07. The number of halogens is 1. The number of carboxylic acid groups (broad SMARTS) is 1. The van der Waals surface area contributed by atoms with Gasteiger partial charge in [-0.2, -0.15) is 5.10 Å². The molecule has 0 saturated heterocycles. The summed E-state index contributed by atoms with van der Waals surface area (Å²) in [6.07, 6.45) is -0.127. The Labute approximate surface area is 173 Å². The number of para-hydroxylation sites is 1. The van der Waals surface area contributed by atoms with Gasteiger partial charge in [0.05, 0.1) is 23.5 Å². The molecule has 0 aliphatic carbocycles. The highest BCUT2D eigenvalue weighted by molar-refractivity contribution is 5.99. The fraction of sp³-hybridized carbons (Fsp3) is 0.227. The lowest BCUT2D eigenvalue weighted by molar-refractivity contribution is -0.136. The maximum Gasteiger partial charge on any atom is 0.324 e. The van der Waals surface area contributed by atoms with Gasteiger partial charge in [-0.15, -0.1) is 0 Å². The molecule has 0 radical (unpaired) electrons. The number of carbonyl (C=O) groups excluding carboxylic acids is 1. The maximum absolute atomic E-state index is 13.8. The monoisotopic (exact) mass is 410 g/mol. The van der Waals surface area contributed by atoms with Crippen molar-refractivity contribution in [3.8, 4) is 5.69 Å². The van der Waals surface area contributed by atoms with Crippen LogP contribution in [0.25, 0.3) is 5.69 Å². The van der Waals surface area contributed by atoms with Crippen molar-refractivity contribution in [3.63, 3.8) is 0 Å². The molecule has 0 saturated carbocycles. The van der Waals surface area contributed by atoms with Crippen molar-refractivity contribution >= 4 is 23.5 Å². The summed E-state index contributed by atoms with van der Waals surface area (Å²) in [5, 5.41) is 18.8. The van der Waals surface area contributed by atoms with Crippen LogP contribution in [0.15, 0.2) is 54.6 Å². The van der Waals surface area contributed by atoms with E-state index in [1.807, 2.05) is 20.8 Å². The fourth-order valence-electron chi connectivity index (χ4n) is 2.84. The molecule has 0 unspecified atom stereocenters. The van der Waals surface area contributed by atoms with E-state index >= 15 is 0 Å². The number of carboxylic acids is 1. The summed E-state index contributed by atoms with van der Waals surface area (Å²) in [7, 11) is 0. The molecule has 3 aromatic rings. The normalized spacial score (nSPS) is 11.2. The summed E-state index contributed by atoms with van der Waals surface area (Å²) in [5.41, 5.74) is 1.70. The van der Waals surface area contributed by atoms with Crippen molar-refractivity contribution in [1.29, 1.82) is 0 Å². The molecule has 7 nitrogen and oxygen atoms in total. The number of urea groups is 1. The van der Waals surface area contributed by atoms with Crippen LogP contribution in [0, 0.1) is 5.82 Å². The summed E-state index contributed by atoms with van der Waals surface area (Å²) >= 11 is 0. The van der Waals surface area contributed by atoms with Gasteiger partial charge >= 0.3 is 12.0 Å². The van der Waals surface area contributed by atoms with Crippen molar-refractivity contribution in [1.82, 2.24) is 9.78 Å². The SMILES string of the molecule is CC(C)(C)c1cc(NC(=O)Nc2ccccc2F)n(-c2cccc(CC(=O)O)c2)n1. The third-order valence-electron chi connectivity index (χ3n) is 4.35. The molecule has 1 heterocycles. The maximum atomic E-state index is 13.8. The Morgan fingerprint density at radius 1 is 1.07 bits per heavy atom. The molecule has 0 spiro atoms. The minimum atomic E-state index is -0.939. The highest BCUT2D eigenvalue weighted by atomic mass is 19.1. The number of anilines is 2. The van der Waals surface area contributed by atoms with Gasteiger partial charge < -0.3 is 10.4 Å². The third kappa shape index (κ3) is 5.02. The Balaban J connectivity index is 1.94. The van der Waals surface area contributed by atoms with Crippen molar-refractivity contribution in [3.05, 3.63) is 71.7 Å². The van der Waals surface area contributed by atoms with Gasteiger partial charge in [0.25, 0.3) is 0 Å². The van der Waals surface area contributed by atoms with Gasteiger partial charge in [-0.25, -0.2) is 13.9 Å². The van der Waals surface area contributed by atoms with Crippen LogP contribution in [0.1, 0.15) is 32.0 Å². The Morgan fingerprint density at radius 2 is 1.80 bits per heavy atom. The van der Waals surface area contributed by atoms with Gasteiger partial charge in [-0.3, -0.25) is 10.1 Å². The van der Waals surface area contributed by atoms with Crippen LogP contribution in [-0.4, -0.2) is 26.9 Å². The average molecular weight is 410 g/mol. The van der Waals surface area contributed by atoms with Gasteiger partial charge in [0.15, 0.2) is 0 Å². The van der Waals surface area contributed by atoms with E-state index in [1.165, 1.54) is 22.9 Å². The molecule has 0 aliphatic rings. The molecule has 156 valence electrons. The third-order valence-corrected chi connectivity index (χ3v) is 4.35. The zero-order valence-electron chi connectivity index (χ0n) is 16.9. The molecule has 3 N–H and O–H groups in total. The largest absolute Gasteiger partial charge is 0.481 e. The summed E-state index contributed by atoms with van der Waals surface area (Å²) in [4.78, 5) is 23.5. The molecular formula is C22H23FN4O3. The Morgan fingerprint density at radius 3 is 2.47 bits per heavy atom. The Kier molecular flexibility index (Phi) is 5.86. The second-order valence-corrected chi connectivity index (χ2v) is 7.88. The highest BCUT2D eigenvalue weighted by Gasteiger charge is 2.22. The zero-order chi connectivity index (χ0) is 21.9. The van der Waals surface area contributed by atoms with E-state index in [4.69, 9.17) is 5.11 Å². The standard InChI is InChI=1S/C22H23FN4O3/c1-22(2,3)18-13-19(25-21(30)24-17-10-5-4-9-16(17)23)27(26-18)15-8-6-7-14(11-15)12-20(28)29/h4-11,13H,12H2,1-3H3,(H,28,29)(H2,24,25,30). The van der Waals surface area contributed by atoms with Crippen molar-refractivity contribution in [2.75, 3.05) is 10.6 Å². The molecule has 8 heteroatoms. The van der Waals surface area contributed by atoms with E-state index in [0.29, 0.717) is 17.1 Å². The number of rotatable bonds is 5. The van der Waals surface area contributed by atoms with E-state index in [0.717, 1.165) is 5.69 Å². The van der Waals surface area contributed by atoms with Crippen LogP contribution >= 0.6 is 0 Å². The Hall–Kier alpha value is -3.68. The van der Waals surface area contributed by atoms with Crippen LogP contribution in [0.2, 0.25) is 0 Å². The second-order valence-electron chi connectivity index (χ2n) is 7.88. The van der Waals surface area contributed by atoms with E-state index in [2.05, 4.69) is 15.7 Å². The topological polar surface area (TPSA) is 96.2 Å². The van der Waals surface area contributed by atoms with Crippen molar-refractivity contribution < 1.29 is 19.1 Å². The minimum absolute atomic E-state index is 0.0561. The molecule has 3 rings (SSSR count). The van der Waals surface area contributed by atoms with Gasteiger partial charge in [0, 0.05) is 11.5 Å². The predicted molar refractivity (Wildman–Crippen MR) is 113 cm³/mol. The predicted octanol–water partition coefficient (Wildman–Crippen LogP) is 4.58. The summed E-state index contributed by atoms with van der Waals surface area (Å²) in [6, 6.07) is 13.9. The van der Waals surface area contributed by atoms with Crippen LogP contribution in [0.3, 0.4) is 0 Å². The number of benzene rings is 2. The van der Waals surface area contributed by atoms with E-state index in [9.17, 15) is 14.0 Å². The highest BCUT2D eigenvalue weighted by Crippen LogP contribution is 2.27. The molecule has 0 bridgehead atoms. The Bertz CT molecular complexity index is 1090. The first kappa shape index (κ1) is 21.0. The lowest BCUT2D eigenvalue weighted by Crippen LogP contribution is -2.22. The van der Waals surface area contributed by atoms with E-state index in [1.54, 1.807) is 36.4 Å². The number of amides is 2. The first-order chi connectivity index (χ1) is 14.1. The fourth-order valence-corrected chi connectivity index (χ4v) is 2.84. The second kappa shape index (κ2) is 8.36. The number of nitrogens with zero attached hydrogens (tertiary/aromatic N) is 2. The van der Waals surface area contributed by atoms with Crippen LogP contribution in [-0.2, 0) is 16.6 Å². The molecule has 2 aromatic carbocycles. The first-order valence-electron chi connectivity index (χ1n) is 9.37. The number of aliphatic carboxylic acids is 1. The number of hydrogen-bond donors (Lipinski definition) is 3. The smallest absolute Gasteiger partial charge is 0.324 e. The number of hydrogen-bond acceptors (Lipinski definition) is 3. The van der Waals surface area contributed by atoms with E-state index in [-0.39, 0.29) is 17.5 Å². The number of carbonyl (C=O) groups is 2. The molecular weight excluding hydrogens is 387 g/mol. The number of nitrogens with one attached hydrogen (secondary N) is 2. The number of aromatic nitrogens is 2. The zero-order valence-corrected chi connectivity index (χ0v) is 16.9. The quantitative estimate of drug-likeness (QED) is 0.574. The van der Waals surface area contributed by atoms with Crippen molar-refractivity contribution in [2.45, 2.75) is 32.6 Å². The summed E-state index contributed by atoms with van der Waals surface area (Å²) in [6.45, 7) is 5.97. The van der Waals surface area contributed by atoms with Crippen molar-refractivity contribution in [2.24, 2.45) is 0 Å². The van der Waals surface area contributed by atoms with Crippen LogP contribution < -0.4 is 10.6 Å². The lowest BCUT2D eigenvalue weighted by Gasteiger charge is -2.14. The van der Waals surface area contributed by atoms with Gasteiger partial charge in [-0.1, -0.05) is 45.0 Å². The lowest BCUT2D eigenvalue weighted by atomic mass is 9.92. The van der Waals surface area contributed by atoms with Crippen LogP contribution in [0.4, 0.5) is 20.7 Å². The molecule has 2 amide bonds. The minimum Gasteiger partial charge on any atom is -0.481 e. The van der Waals surface area contributed by atoms with Gasteiger partial charge in [-0.05, 0) is 29.8 Å². The molecule has 0 atom stereocenters. The van der Waals surface area contributed by atoms with Crippen LogP contribution in [0.5, 0.6) is 0 Å². The van der Waals surface area contributed by atoms with Gasteiger partial charge in [0.1, 0.15) is 11.6 Å². The molecule has 30 heavy (non-hydrogen) atoms. The van der Waals surface area contributed by atoms with E-state index < -0.39 is 17.8 Å². The molecule has 0 fully saturated rings. The summed E-state index contributed by atoms with van der Waals surface area (Å²) < 4.78 is 15.4. The molecule has 1 aromatic heterocycles. The molecule has 0 aliphatic heterocycles. The summed E-state index contributed by atoms with van der Waals surface area (Å²) in [5.74, 6) is -1.11. The van der Waals surface area contributed by atoms with Gasteiger partial charge in [0.2, 0.25) is 0 Å². The first-order valence-corrected chi connectivity index (χ1v) is 9.37.